The van der Waals surface area contributed by atoms with Crippen LogP contribution in [0.1, 0.15) is 47.2 Å². The number of rotatable bonds is 6. The average Bonchev–Trinajstić information content (AvgIpc) is 3.16. The Labute approximate surface area is 238 Å². The van der Waals surface area contributed by atoms with Crippen molar-refractivity contribution < 1.29 is 29.0 Å². The number of carboxylic acid groups (broad SMARTS) is 2. The molecule has 2 saturated heterocycles. The highest BCUT2D eigenvalue weighted by Crippen LogP contribution is 2.42. The van der Waals surface area contributed by atoms with Gasteiger partial charge in [0.2, 0.25) is 0 Å². The van der Waals surface area contributed by atoms with Gasteiger partial charge < -0.3 is 15.1 Å². The van der Waals surface area contributed by atoms with Crippen LogP contribution in [0.3, 0.4) is 0 Å². The predicted molar refractivity (Wildman–Crippen MR) is 156 cm³/mol. The molecule has 2 fully saturated rings. The van der Waals surface area contributed by atoms with Crippen LogP contribution in [0.25, 0.3) is 5.57 Å². The quantitative estimate of drug-likeness (QED) is 0.369. The van der Waals surface area contributed by atoms with E-state index in [-0.39, 0.29) is 11.7 Å². The Balaban J connectivity index is 0.000000426. The number of benzene rings is 3. The van der Waals surface area contributed by atoms with Gasteiger partial charge >= 0.3 is 11.9 Å². The first-order chi connectivity index (χ1) is 19.6. The lowest BCUT2D eigenvalue weighted by molar-refractivity contribution is -0.134. The van der Waals surface area contributed by atoms with E-state index in [1.54, 1.807) is 19.2 Å². The Morgan fingerprint density at radius 3 is 1.95 bits per heavy atom. The minimum Gasteiger partial charge on any atom is -0.478 e. The SMILES string of the molecule is CN(C(=O)c1cccc(C(=C2CC3CCC(C2)N3C)c2ccccc2)c1)c1cccc(F)c1.O=C(O)C=CC(=O)O. The Kier molecular flexibility index (Phi) is 9.47. The lowest BCUT2D eigenvalue weighted by atomic mass is 9.85. The number of anilines is 1. The number of carbonyl (C=O) groups is 3. The zero-order chi connectivity index (χ0) is 29.5. The standard InChI is InChI=1S/C29H29FN2O.C4H4O4/c1-31-26-14-15-27(31)18-23(17-26)28(20-8-4-3-5-9-20)21-10-6-11-22(16-21)29(33)32(2)25-13-7-12-24(30)19-25;5-3(6)1-2-4(7)8/h3-13,16,19,26-27H,14-15,17-18H2,1-2H3;1-2H,(H,5,6)(H,7,8). The van der Waals surface area contributed by atoms with Crippen molar-refractivity contribution in [3.05, 3.63) is 119 Å². The van der Waals surface area contributed by atoms with E-state index in [2.05, 4.69) is 42.3 Å². The van der Waals surface area contributed by atoms with Crippen molar-refractivity contribution in [1.29, 1.82) is 0 Å². The van der Waals surface area contributed by atoms with Gasteiger partial charge in [0.1, 0.15) is 5.82 Å². The summed E-state index contributed by atoms with van der Waals surface area (Å²) in [7, 11) is 3.94. The molecule has 212 valence electrons. The van der Waals surface area contributed by atoms with Gasteiger partial charge in [-0.1, -0.05) is 54.1 Å². The Bertz CT molecular complexity index is 1450. The minimum absolute atomic E-state index is 0.150. The highest BCUT2D eigenvalue weighted by atomic mass is 19.1. The lowest BCUT2D eigenvalue weighted by Crippen LogP contribution is -2.37. The van der Waals surface area contributed by atoms with Crippen LogP contribution in [0.15, 0.2) is 96.6 Å². The second-order valence-electron chi connectivity index (χ2n) is 10.2. The molecule has 0 spiro atoms. The maximum absolute atomic E-state index is 13.7. The van der Waals surface area contributed by atoms with Gasteiger partial charge in [-0.25, -0.2) is 14.0 Å². The van der Waals surface area contributed by atoms with Crippen LogP contribution in [-0.2, 0) is 9.59 Å². The van der Waals surface area contributed by atoms with Gasteiger partial charge in [-0.05, 0) is 79.8 Å². The van der Waals surface area contributed by atoms with Crippen molar-refractivity contribution in [2.75, 3.05) is 19.0 Å². The molecule has 2 N–H and O–H groups in total. The van der Waals surface area contributed by atoms with Crippen LogP contribution in [0, 0.1) is 5.82 Å². The number of hydrogen-bond acceptors (Lipinski definition) is 4. The molecule has 0 aliphatic carbocycles. The molecule has 2 aliphatic heterocycles. The highest BCUT2D eigenvalue weighted by molar-refractivity contribution is 6.06. The largest absolute Gasteiger partial charge is 0.478 e. The molecule has 2 bridgehead atoms. The smallest absolute Gasteiger partial charge is 0.328 e. The summed E-state index contributed by atoms with van der Waals surface area (Å²) >= 11 is 0. The number of aliphatic carboxylic acids is 2. The van der Waals surface area contributed by atoms with E-state index >= 15 is 0 Å². The Morgan fingerprint density at radius 2 is 1.37 bits per heavy atom. The molecule has 5 rings (SSSR count). The van der Waals surface area contributed by atoms with E-state index in [9.17, 15) is 18.8 Å². The molecule has 0 saturated carbocycles. The minimum atomic E-state index is -1.26. The van der Waals surface area contributed by atoms with E-state index in [0.717, 1.165) is 18.4 Å². The van der Waals surface area contributed by atoms with Crippen LogP contribution >= 0.6 is 0 Å². The molecule has 41 heavy (non-hydrogen) atoms. The van der Waals surface area contributed by atoms with Gasteiger partial charge in [-0.3, -0.25) is 9.69 Å². The summed E-state index contributed by atoms with van der Waals surface area (Å²) in [5.41, 5.74) is 6.14. The van der Waals surface area contributed by atoms with Crippen molar-refractivity contribution in [1.82, 2.24) is 4.90 Å². The molecule has 2 atom stereocenters. The van der Waals surface area contributed by atoms with E-state index in [1.165, 1.54) is 46.6 Å². The molecule has 3 aromatic carbocycles. The van der Waals surface area contributed by atoms with E-state index in [0.29, 0.717) is 35.5 Å². The number of fused-ring (bicyclic) bond motifs is 2. The monoisotopic (exact) mass is 556 g/mol. The number of piperidine rings is 1. The number of hydrogen-bond donors (Lipinski definition) is 2. The molecule has 7 nitrogen and oxygen atoms in total. The summed E-state index contributed by atoms with van der Waals surface area (Å²) in [6, 6.07) is 25.7. The second-order valence-corrected chi connectivity index (χ2v) is 10.2. The summed E-state index contributed by atoms with van der Waals surface area (Å²) < 4.78 is 13.7. The van der Waals surface area contributed by atoms with Crippen LogP contribution in [0.5, 0.6) is 0 Å². The van der Waals surface area contributed by atoms with Gasteiger partial charge in [0.05, 0.1) is 0 Å². The molecule has 2 heterocycles. The summed E-state index contributed by atoms with van der Waals surface area (Å²) in [4.78, 5) is 36.4. The van der Waals surface area contributed by atoms with Crippen molar-refractivity contribution in [3.8, 4) is 0 Å². The second kappa shape index (κ2) is 13.2. The Morgan fingerprint density at radius 1 is 0.805 bits per heavy atom. The number of halogens is 1. The van der Waals surface area contributed by atoms with Gasteiger partial charge in [0.15, 0.2) is 0 Å². The highest BCUT2D eigenvalue weighted by Gasteiger charge is 2.37. The summed E-state index contributed by atoms with van der Waals surface area (Å²) in [5, 5.41) is 15.6. The van der Waals surface area contributed by atoms with Gasteiger partial charge in [0.25, 0.3) is 5.91 Å². The first kappa shape index (κ1) is 29.4. The molecule has 2 unspecified atom stereocenters. The molecule has 0 aromatic heterocycles. The fourth-order valence-electron chi connectivity index (χ4n) is 5.56. The zero-order valence-corrected chi connectivity index (χ0v) is 23.0. The van der Waals surface area contributed by atoms with Gasteiger partial charge in [-0.15, -0.1) is 0 Å². The molecule has 0 radical (unpaired) electrons. The third-order valence-corrected chi connectivity index (χ3v) is 7.63. The number of carboxylic acids is 2. The van der Waals surface area contributed by atoms with E-state index in [4.69, 9.17) is 10.2 Å². The topological polar surface area (TPSA) is 98.2 Å². The van der Waals surface area contributed by atoms with Crippen LogP contribution < -0.4 is 4.90 Å². The molecule has 2 aliphatic rings. The van der Waals surface area contributed by atoms with Crippen LogP contribution in [0.2, 0.25) is 0 Å². The number of amides is 1. The fourth-order valence-corrected chi connectivity index (χ4v) is 5.56. The normalized spacial score (nSPS) is 18.0. The van der Waals surface area contributed by atoms with E-state index < -0.39 is 11.9 Å². The van der Waals surface area contributed by atoms with Crippen molar-refractivity contribution >= 4 is 29.1 Å². The fraction of sp³-hybridized carbons (Fsp3) is 0.242. The average molecular weight is 557 g/mol. The maximum Gasteiger partial charge on any atom is 0.328 e. The van der Waals surface area contributed by atoms with E-state index in [1.807, 2.05) is 24.3 Å². The molecular formula is C33H33FN2O5. The third kappa shape index (κ3) is 7.35. The predicted octanol–water partition coefficient (Wildman–Crippen LogP) is 5.87. The Hall–Kier alpha value is -4.56. The maximum atomic E-state index is 13.7. The molecule has 8 heteroatoms. The summed E-state index contributed by atoms with van der Waals surface area (Å²) in [6.45, 7) is 0. The summed E-state index contributed by atoms with van der Waals surface area (Å²) in [6.07, 6.45) is 5.76. The zero-order valence-electron chi connectivity index (χ0n) is 23.0. The molecular weight excluding hydrogens is 523 g/mol. The van der Waals surface area contributed by atoms with Crippen molar-refractivity contribution in [2.45, 2.75) is 37.8 Å². The van der Waals surface area contributed by atoms with Gasteiger partial charge in [-0.2, -0.15) is 0 Å². The summed E-state index contributed by atoms with van der Waals surface area (Å²) in [5.74, 6) is -3.02. The van der Waals surface area contributed by atoms with Crippen molar-refractivity contribution in [3.63, 3.8) is 0 Å². The number of nitrogens with zero attached hydrogens (tertiary/aromatic N) is 2. The third-order valence-electron chi connectivity index (χ3n) is 7.63. The van der Waals surface area contributed by atoms with Crippen molar-refractivity contribution in [2.24, 2.45) is 0 Å². The number of carbonyl (C=O) groups excluding carboxylic acids is 1. The van der Waals surface area contributed by atoms with Gasteiger partial charge in [0, 0.05) is 42.5 Å². The first-order valence-electron chi connectivity index (χ1n) is 13.4. The van der Waals surface area contributed by atoms with Crippen LogP contribution in [-0.4, -0.2) is 59.1 Å². The lowest BCUT2D eigenvalue weighted by Gasteiger charge is -2.34. The molecule has 3 aromatic rings. The van der Waals surface area contributed by atoms with Crippen LogP contribution in [0.4, 0.5) is 10.1 Å². The molecule has 1 amide bonds. The first-order valence-corrected chi connectivity index (χ1v) is 13.4.